The van der Waals surface area contributed by atoms with Crippen molar-refractivity contribution < 1.29 is 14.0 Å². The summed E-state index contributed by atoms with van der Waals surface area (Å²) in [5.41, 5.74) is 1.03. The Morgan fingerprint density at radius 2 is 1.55 bits per heavy atom. The first-order chi connectivity index (χ1) is 10.6. The maximum absolute atomic E-state index is 13.0. The zero-order valence-electron chi connectivity index (χ0n) is 12.0. The molecule has 5 rings (SSSR count). The molecule has 3 unspecified atom stereocenters. The van der Waals surface area contributed by atoms with E-state index in [-0.39, 0.29) is 53.3 Å². The van der Waals surface area contributed by atoms with Crippen LogP contribution in [0.1, 0.15) is 18.4 Å². The monoisotopic (exact) mass is 297 g/mol. The fourth-order valence-corrected chi connectivity index (χ4v) is 5.07. The van der Waals surface area contributed by atoms with Crippen molar-refractivity contribution in [3.05, 3.63) is 47.8 Å². The first-order valence-corrected chi connectivity index (χ1v) is 7.90. The van der Waals surface area contributed by atoms with Crippen molar-refractivity contribution in [1.29, 1.82) is 0 Å². The van der Waals surface area contributed by atoms with Gasteiger partial charge in [0.2, 0.25) is 11.8 Å². The number of allylic oxidation sites excluding steroid dienone is 2. The molecule has 3 fully saturated rings. The fourth-order valence-electron chi connectivity index (χ4n) is 5.07. The molecule has 1 heterocycles. The smallest absolute Gasteiger partial charge is 0.234 e. The lowest BCUT2D eigenvalue weighted by molar-refractivity contribution is -0.141. The van der Waals surface area contributed by atoms with Crippen LogP contribution in [0.15, 0.2) is 36.4 Å². The minimum atomic E-state index is -0.308. The van der Waals surface area contributed by atoms with E-state index in [2.05, 4.69) is 12.2 Å². The van der Waals surface area contributed by atoms with Gasteiger partial charge in [0.15, 0.2) is 0 Å². The predicted octanol–water partition coefficient (Wildman–Crippen LogP) is 2.52. The second-order valence-electron chi connectivity index (χ2n) is 7.11. The largest absolute Gasteiger partial charge is 0.278 e. The Morgan fingerprint density at radius 1 is 1.00 bits per heavy atom. The normalized spacial score (nSPS) is 36.5. The van der Waals surface area contributed by atoms with Crippen molar-refractivity contribution in [1.82, 2.24) is 4.90 Å². The number of likely N-dealkylation sites (tertiary alicyclic amines) is 1. The third-order valence-electron chi connectivity index (χ3n) is 6.20. The van der Waals surface area contributed by atoms with Gasteiger partial charge in [-0.3, -0.25) is 14.5 Å². The topological polar surface area (TPSA) is 37.4 Å². The van der Waals surface area contributed by atoms with E-state index in [1.165, 1.54) is 17.0 Å². The number of hydrogen-bond donors (Lipinski definition) is 0. The summed E-state index contributed by atoms with van der Waals surface area (Å²) in [5.74, 6) is -0.132. The maximum Gasteiger partial charge on any atom is 0.234 e. The van der Waals surface area contributed by atoms with Crippen LogP contribution in [0.5, 0.6) is 0 Å². The maximum atomic E-state index is 13.0. The highest BCUT2D eigenvalue weighted by molar-refractivity contribution is 6.06. The molecular weight excluding hydrogens is 281 g/mol. The SMILES string of the molecule is O=C1C2C3C=CC([C@@H]2C(=O)N1Cc1ccc(F)cc1)C31CC1. The molecule has 3 aliphatic carbocycles. The Balaban J connectivity index is 1.45. The minimum absolute atomic E-state index is 0.0255. The summed E-state index contributed by atoms with van der Waals surface area (Å²) in [7, 11) is 0. The minimum Gasteiger partial charge on any atom is -0.278 e. The number of amides is 2. The highest BCUT2D eigenvalue weighted by Crippen LogP contribution is 2.73. The van der Waals surface area contributed by atoms with E-state index in [0.717, 1.165) is 18.4 Å². The van der Waals surface area contributed by atoms with Gasteiger partial charge in [-0.25, -0.2) is 4.39 Å². The summed E-state index contributed by atoms with van der Waals surface area (Å²) in [6.45, 7) is 0.261. The summed E-state index contributed by atoms with van der Waals surface area (Å²) in [6, 6.07) is 6.01. The van der Waals surface area contributed by atoms with Gasteiger partial charge in [-0.1, -0.05) is 24.3 Å². The van der Waals surface area contributed by atoms with Crippen molar-refractivity contribution in [2.75, 3.05) is 0 Å². The summed E-state index contributed by atoms with van der Waals surface area (Å²) in [6.07, 6.45) is 6.65. The molecule has 2 saturated carbocycles. The number of hydrogen-bond acceptors (Lipinski definition) is 2. The van der Waals surface area contributed by atoms with Crippen molar-refractivity contribution in [3.8, 4) is 0 Å². The number of halogens is 1. The average molecular weight is 297 g/mol. The molecule has 3 nitrogen and oxygen atoms in total. The van der Waals surface area contributed by atoms with Crippen LogP contribution in [-0.2, 0) is 16.1 Å². The fraction of sp³-hybridized carbons (Fsp3) is 0.444. The molecule has 1 saturated heterocycles. The van der Waals surface area contributed by atoms with Crippen LogP contribution in [0.25, 0.3) is 0 Å². The number of rotatable bonds is 2. The van der Waals surface area contributed by atoms with Crippen molar-refractivity contribution in [3.63, 3.8) is 0 Å². The Bertz CT molecular complexity index is 685. The van der Waals surface area contributed by atoms with E-state index in [4.69, 9.17) is 0 Å². The zero-order valence-corrected chi connectivity index (χ0v) is 12.0. The lowest BCUT2D eigenvalue weighted by Gasteiger charge is -2.21. The van der Waals surface area contributed by atoms with Crippen LogP contribution in [-0.4, -0.2) is 16.7 Å². The van der Waals surface area contributed by atoms with Crippen molar-refractivity contribution >= 4 is 11.8 Å². The van der Waals surface area contributed by atoms with Gasteiger partial charge < -0.3 is 0 Å². The summed E-state index contributed by atoms with van der Waals surface area (Å²) in [5, 5.41) is 0. The van der Waals surface area contributed by atoms with Gasteiger partial charge in [-0.2, -0.15) is 0 Å². The van der Waals surface area contributed by atoms with Crippen LogP contribution < -0.4 is 0 Å². The first-order valence-electron chi connectivity index (χ1n) is 7.90. The van der Waals surface area contributed by atoms with E-state index in [9.17, 15) is 14.0 Å². The highest BCUT2D eigenvalue weighted by Gasteiger charge is 2.73. The Morgan fingerprint density at radius 3 is 2.05 bits per heavy atom. The van der Waals surface area contributed by atoms with Crippen molar-refractivity contribution in [2.24, 2.45) is 29.1 Å². The van der Waals surface area contributed by atoms with Gasteiger partial charge in [0.1, 0.15) is 5.82 Å². The zero-order chi connectivity index (χ0) is 15.1. The van der Waals surface area contributed by atoms with Gasteiger partial charge in [0.25, 0.3) is 0 Å². The third kappa shape index (κ3) is 1.36. The summed E-state index contributed by atoms with van der Waals surface area (Å²) < 4.78 is 13.0. The predicted molar refractivity (Wildman–Crippen MR) is 76.7 cm³/mol. The van der Waals surface area contributed by atoms with Crippen LogP contribution >= 0.6 is 0 Å². The number of imide groups is 1. The van der Waals surface area contributed by atoms with Gasteiger partial charge in [-0.05, 0) is 47.8 Å². The molecule has 4 heteroatoms. The quantitative estimate of drug-likeness (QED) is 0.621. The standard InChI is InChI=1S/C18H16FNO2/c19-11-3-1-10(2-4-11)9-20-16(21)14-12-5-6-13(15(14)17(20)22)18(12)7-8-18/h1-6,12-15H,7-9H2/t12?,13?,14-,15?/m0/s1. The van der Waals surface area contributed by atoms with Crippen LogP contribution in [0, 0.1) is 34.9 Å². The molecule has 1 aliphatic heterocycles. The molecule has 2 bridgehead atoms. The molecule has 0 aromatic heterocycles. The molecule has 1 aromatic rings. The molecule has 4 atom stereocenters. The van der Waals surface area contributed by atoms with E-state index in [1.807, 2.05) is 0 Å². The number of fused-ring (bicyclic) bond motifs is 3. The molecular formula is C18H16FNO2. The van der Waals surface area contributed by atoms with Gasteiger partial charge in [-0.15, -0.1) is 0 Å². The first kappa shape index (κ1) is 12.6. The van der Waals surface area contributed by atoms with E-state index in [1.54, 1.807) is 12.1 Å². The number of nitrogens with zero attached hydrogens (tertiary/aromatic N) is 1. The number of carbonyl (C=O) groups excluding carboxylic acids is 2. The third-order valence-corrected chi connectivity index (χ3v) is 6.20. The number of benzene rings is 1. The molecule has 1 aromatic carbocycles. The van der Waals surface area contributed by atoms with Crippen LogP contribution in [0.3, 0.4) is 0 Å². The number of carbonyl (C=O) groups is 2. The lowest BCUT2D eigenvalue weighted by Crippen LogP contribution is -2.34. The Kier molecular flexibility index (Phi) is 2.20. The van der Waals surface area contributed by atoms with Crippen LogP contribution in [0.4, 0.5) is 4.39 Å². The van der Waals surface area contributed by atoms with Gasteiger partial charge in [0.05, 0.1) is 18.4 Å². The second-order valence-corrected chi connectivity index (χ2v) is 7.11. The molecule has 0 N–H and O–H groups in total. The molecule has 112 valence electrons. The summed E-state index contributed by atoms with van der Waals surface area (Å²) >= 11 is 0. The highest BCUT2D eigenvalue weighted by atomic mass is 19.1. The van der Waals surface area contributed by atoms with Gasteiger partial charge >= 0.3 is 0 Å². The molecule has 2 amide bonds. The average Bonchev–Trinajstić information content (AvgIpc) is 3.12. The Labute approximate surface area is 127 Å². The second kappa shape index (κ2) is 3.86. The van der Waals surface area contributed by atoms with Crippen molar-refractivity contribution in [2.45, 2.75) is 19.4 Å². The Hall–Kier alpha value is -1.97. The lowest BCUT2D eigenvalue weighted by atomic mass is 9.85. The molecule has 0 radical (unpaired) electrons. The van der Waals surface area contributed by atoms with E-state index in [0.29, 0.717) is 0 Å². The molecule has 1 spiro atoms. The molecule has 4 aliphatic rings. The van der Waals surface area contributed by atoms with Crippen LogP contribution in [0.2, 0.25) is 0 Å². The van der Waals surface area contributed by atoms with Gasteiger partial charge in [0, 0.05) is 0 Å². The van der Waals surface area contributed by atoms with E-state index < -0.39 is 0 Å². The summed E-state index contributed by atoms with van der Waals surface area (Å²) in [4.78, 5) is 26.9. The van der Waals surface area contributed by atoms with E-state index >= 15 is 0 Å². The molecule has 22 heavy (non-hydrogen) atoms.